The van der Waals surface area contributed by atoms with Crippen molar-refractivity contribution in [2.45, 2.75) is 71.1 Å². The zero-order chi connectivity index (χ0) is 29.9. The molecule has 0 amide bonds. The van der Waals surface area contributed by atoms with E-state index in [0.29, 0.717) is 23.3 Å². The number of rotatable bonds is 10. The maximum Gasteiger partial charge on any atom is 0.342 e. The van der Waals surface area contributed by atoms with Crippen LogP contribution < -0.4 is 9.50 Å². The van der Waals surface area contributed by atoms with Gasteiger partial charge in [0.2, 0.25) is 0 Å². The zero-order valence-electron chi connectivity index (χ0n) is 23.4. The molecule has 11 heteroatoms. The lowest BCUT2D eigenvalue weighted by Gasteiger charge is -2.22. The second-order valence-electron chi connectivity index (χ2n) is 10.2. The number of ether oxygens (including phenoxy) is 1. The van der Waals surface area contributed by atoms with Gasteiger partial charge in [-0.3, -0.25) is 0 Å². The molecule has 3 rings (SSSR count). The van der Waals surface area contributed by atoms with Crippen LogP contribution in [-0.4, -0.2) is 26.0 Å². The van der Waals surface area contributed by atoms with E-state index in [4.69, 9.17) is 8.92 Å². The summed E-state index contributed by atoms with van der Waals surface area (Å²) < 4.78 is 80.7. The SMILES string of the molecule is CCOC(=O)c1cc(F)c(OS(=O)(=O)c2c(C(C)C)cc(C(C)C)cc2C(C)C)nc1Nc1ccc(F)cc1F. The fraction of sp³-hybridized carbons (Fsp3) is 0.379. The maximum absolute atomic E-state index is 15.2. The molecule has 0 unspecified atom stereocenters. The van der Waals surface area contributed by atoms with Crippen molar-refractivity contribution in [1.29, 1.82) is 0 Å². The fourth-order valence-electron chi connectivity index (χ4n) is 4.03. The van der Waals surface area contributed by atoms with Gasteiger partial charge >= 0.3 is 16.1 Å². The molecule has 0 aliphatic rings. The van der Waals surface area contributed by atoms with Crippen LogP contribution in [0, 0.1) is 17.5 Å². The average molecular weight is 579 g/mol. The van der Waals surface area contributed by atoms with Crippen LogP contribution in [0.25, 0.3) is 0 Å². The van der Waals surface area contributed by atoms with Crippen LogP contribution in [0.5, 0.6) is 5.88 Å². The van der Waals surface area contributed by atoms with Crippen molar-refractivity contribution in [1.82, 2.24) is 4.98 Å². The van der Waals surface area contributed by atoms with E-state index in [-0.39, 0.29) is 34.9 Å². The number of carbonyl (C=O) groups is 1. The highest BCUT2D eigenvalue weighted by atomic mass is 32.2. The number of carbonyl (C=O) groups excluding carboxylic acids is 1. The fourth-order valence-corrected chi connectivity index (χ4v) is 5.61. The summed E-state index contributed by atoms with van der Waals surface area (Å²) >= 11 is 0. The molecule has 7 nitrogen and oxygen atoms in total. The van der Waals surface area contributed by atoms with Crippen molar-refractivity contribution in [2.24, 2.45) is 0 Å². The van der Waals surface area contributed by atoms with Gasteiger partial charge in [0.05, 0.1) is 12.3 Å². The summed E-state index contributed by atoms with van der Waals surface area (Å²) in [6, 6.07) is 6.89. The first kappa shape index (κ1) is 30.9. The molecule has 0 atom stereocenters. The summed E-state index contributed by atoms with van der Waals surface area (Å²) in [5.74, 6) is -5.84. The van der Waals surface area contributed by atoms with E-state index < -0.39 is 50.8 Å². The number of hydrogen-bond acceptors (Lipinski definition) is 7. The molecule has 0 aliphatic carbocycles. The number of nitrogens with one attached hydrogen (secondary N) is 1. The van der Waals surface area contributed by atoms with Crippen LogP contribution in [0.15, 0.2) is 41.3 Å². The molecule has 0 saturated carbocycles. The molecule has 0 radical (unpaired) electrons. The summed E-state index contributed by atoms with van der Waals surface area (Å²) in [6.45, 7) is 12.8. The summed E-state index contributed by atoms with van der Waals surface area (Å²) in [5.41, 5.74) is 1.21. The van der Waals surface area contributed by atoms with Crippen LogP contribution >= 0.6 is 0 Å². The normalized spacial score (nSPS) is 11.8. The van der Waals surface area contributed by atoms with E-state index in [1.165, 1.54) is 6.92 Å². The lowest BCUT2D eigenvalue weighted by atomic mass is 9.89. The second-order valence-corrected chi connectivity index (χ2v) is 11.7. The third-order valence-corrected chi connectivity index (χ3v) is 7.49. The first-order valence-electron chi connectivity index (χ1n) is 12.9. The van der Waals surface area contributed by atoms with E-state index in [0.717, 1.165) is 17.7 Å². The summed E-state index contributed by atoms with van der Waals surface area (Å²) in [7, 11) is -4.65. The molecule has 40 heavy (non-hydrogen) atoms. The Morgan fingerprint density at radius 1 is 0.900 bits per heavy atom. The number of esters is 1. The van der Waals surface area contributed by atoms with Crippen LogP contribution in [-0.2, 0) is 14.9 Å². The van der Waals surface area contributed by atoms with Crippen molar-refractivity contribution in [3.63, 3.8) is 0 Å². The van der Waals surface area contributed by atoms with Crippen LogP contribution in [0.3, 0.4) is 0 Å². The maximum atomic E-state index is 15.2. The number of anilines is 2. The molecule has 0 bridgehead atoms. The summed E-state index contributed by atoms with van der Waals surface area (Å²) in [4.78, 5) is 16.3. The van der Waals surface area contributed by atoms with Crippen LogP contribution in [0.4, 0.5) is 24.7 Å². The van der Waals surface area contributed by atoms with Crippen LogP contribution in [0.2, 0.25) is 0 Å². The van der Waals surface area contributed by atoms with Crippen LogP contribution in [0.1, 0.15) is 93.3 Å². The average Bonchev–Trinajstić information content (AvgIpc) is 2.86. The van der Waals surface area contributed by atoms with Gasteiger partial charge < -0.3 is 14.2 Å². The number of hydrogen-bond donors (Lipinski definition) is 1. The van der Waals surface area contributed by atoms with E-state index in [1.807, 2.05) is 41.5 Å². The molecule has 1 heterocycles. The van der Waals surface area contributed by atoms with Gasteiger partial charge in [-0.25, -0.2) is 18.0 Å². The van der Waals surface area contributed by atoms with E-state index in [9.17, 15) is 22.0 Å². The minimum Gasteiger partial charge on any atom is -0.462 e. The third kappa shape index (κ3) is 6.75. The lowest BCUT2D eigenvalue weighted by Crippen LogP contribution is -2.19. The highest BCUT2D eigenvalue weighted by molar-refractivity contribution is 7.87. The molecule has 0 saturated heterocycles. The number of benzene rings is 2. The topological polar surface area (TPSA) is 94.6 Å². The molecular weight excluding hydrogens is 545 g/mol. The zero-order valence-corrected chi connectivity index (χ0v) is 24.3. The first-order chi connectivity index (χ1) is 18.7. The Morgan fingerprint density at radius 2 is 1.50 bits per heavy atom. The van der Waals surface area contributed by atoms with E-state index in [2.05, 4.69) is 10.3 Å². The smallest absolute Gasteiger partial charge is 0.342 e. The largest absolute Gasteiger partial charge is 0.462 e. The Kier molecular flexibility index (Phi) is 9.50. The molecule has 1 aromatic heterocycles. The van der Waals surface area contributed by atoms with Crippen molar-refractivity contribution < 1.29 is 35.3 Å². The Hall–Kier alpha value is -3.60. The molecule has 0 fully saturated rings. The minimum atomic E-state index is -4.65. The van der Waals surface area contributed by atoms with Crippen molar-refractivity contribution in [3.8, 4) is 5.88 Å². The molecule has 0 aliphatic heterocycles. The molecule has 1 N–H and O–H groups in total. The minimum absolute atomic E-state index is 0.0558. The quantitative estimate of drug-likeness (QED) is 0.196. The van der Waals surface area contributed by atoms with Crippen molar-refractivity contribution in [3.05, 3.63) is 76.1 Å². The van der Waals surface area contributed by atoms with Gasteiger partial charge in [0.25, 0.3) is 5.88 Å². The number of halogens is 3. The Morgan fingerprint density at radius 3 is 2.00 bits per heavy atom. The lowest BCUT2D eigenvalue weighted by molar-refractivity contribution is 0.0526. The van der Waals surface area contributed by atoms with Crippen molar-refractivity contribution in [2.75, 3.05) is 11.9 Å². The molecule has 216 valence electrons. The number of nitrogens with zero attached hydrogens (tertiary/aromatic N) is 1. The van der Waals surface area contributed by atoms with Gasteiger partial charge in [0.1, 0.15) is 27.9 Å². The van der Waals surface area contributed by atoms with Gasteiger partial charge in [-0.15, -0.1) is 0 Å². The third-order valence-electron chi connectivity index (χ3n) is 6.14. The molecule has 3 aromatic rings. The molecule has 0 spiro atoms. The first-order valence-corrected chi connectivity index (χ1v) is 14.3. The van der Waals surface area contributed by atoms with Crippen molar-refractivity contribution >= 4 is 27.6 Å². The molecular formula is C29H33F3N2O5S. The Labute approximate surface area is 232 Å². The highest BCUT2D eigenvalue weighted by Gasteiger charge is 2.31. The Balaban J connectivity index is 2.19. The predicted octanol–water partition coefficient (Wildman–Crippen LogP) is 7.56. The Bertz CT molecular complexity index is 1490. The number of pyridine rings is 1. The van der Waals surface area contributed by atoms with Gasteiger partial charge in [-0.2, -0.15) is 13.4 Å². The molecule has 2 aromatic carbocycles. The van der Waals surface area contributed by atoms with Gasteiger partial charge in [0.15, 0.2) is 5.82 Å². The van der Waals surface area contributed by atoms with Gasteiger partial charge in [-0.1, -0.05) is 53.7 Å². The second kappa shape index (κ2) is 12.3. The summed E-state index contributed by atoms with van der Waals surface area (Å²) in [5, 5.41) is 2.48. The van der Waals surface area contributed by atoms with Gasteiger partial charge in [-0.05, 0) is 59.6 Å². The van der Waals surface area contributed by atoms with E-state index in [1.54, 1.807) is 12.1 Å². The van der Waals surface area contributed by atoms with Gasteiger partial charge in [0, 0.05) is 6.07 Å². The number of aromatic nitrogens is 1. The monoisotopic (exact) mass is 578 g/mol. The standard InChI is InChI=1S/C29H33F3N2O5S/c1-8-38-29(35)22-14-24(32)28(34-27(22)33-25-10-9-19(30)13-23(25)31)39-40(36,37)26-20(16(4)5)11-18(15(2)3)12-21(26)17(6)7/h9-17H,8H2,1-7H3,(H,33,34). The highest BCUT2D eigenvalue weighted by Crippen LogP contribution is 2.37. The summed E-state index contributed by atoms with van der Waals surface area (Å²) in [6.07, 6.45) is 0. The predicted molar refractivity (Wildman–Crippen MR) is 146 cm³/mol. The van der Waals surface area contributed by atoms with E-state index >= 15 is 4.39 Å².